The summed E-state index contributed by atoms with van der Waals surface area (Å²) >= 11 is 0. The van der Waals surface area contributed by atoms with Gasteiger partial charge in [0.1, 0.15) is 12.8 Å². The van der Waals surface area contributed by atoms with Gasteiger partial charge < -0.3 is 65.8 Å². The average molecular weight is 1330 g/mol. The average Bonchev–Trinajstić information content (AvgIpc) is 1.57. The highest BCUT2D eigenvalue weighted by Crippen LogP contribution is 2.72. The lowest BCUT2D eigenvalue weighted by atomic mass is 9.44. The largest absolute Gasteiger partial charge is 0.454 e. The van der Waals surface area contributed by atoms with Gasteiger partial charge in [0.15, 0.2) is 35.7 Å². The molecule has 4 saturated carbocycles. The number of aliphatic hydroxyl groups is 1. The summed E-state index contributed by atoms with van der Waals surface area (Å²) in [5.74, 6) is -4.34. The number of nitrogens with two attached hydrogens (primary N) is 1. The molecule has 5 aliphatic carbocycles. The van der Waals surface area contributed by atoms with Crippen molar-refractivity contribution in [3.63, 3.8) is 0 Å². The molecule has 95 heavy (non-hydrogen) atoms. The molecular formula is C71H98F2N6O16. The summed E-state index contributed by atoms with van der Waals surface area (Å²) in [6, 6.07) is 11.0. The SMILES string of the molecule is CCCC[C@@H]1[C@H](CCC)[C@@H]1COC(=O)NCCCOCCC(=O)N[C@H](C(=O)C[C@@H](CCCNC(N)=O)C(=O)Nc1ccc(COC(=O)NCc2ccc(C(=O)OCC(=O)[C@@]34OC(CCC)O[C@@H]3C[C@H]3[C@@H]5C[C@H](F)C6=CC(=O)C=C[C@]6(C)[C@@]5(F)[C@@H](O)C[C@@]34C)cc2)cc1)C(C)C. The van der Waals surface area contributed by atoms with Crippen LogP contribution in [0.2, 0.25) is 0 Å². The lowest BCUT2D eigenvalue weighted by molar-refractivity contribution is -0.234. The minimum atomic E-state index is -2.38. The molecule has 522 valence electrons. The fourth-order valence-corrected chi connectivity index (χ4v) is 15.6. The van der Waals surface area contributed by atoms with Gasteiger partial charge in [0.05, 0.1) is 37.0 Å². The van der Waals surface area contributed by atoms with Crippen molar-refractivity contribution in [3.05, 3.63) is 89.0 Å². The first-order chi connectivity index (χ1) is 45.3. The molecule has 22 nitrogen and oxygen atoms in total. The summed E-state index contributed by atoms with van der Waals surface area (Å²) in [7, 11) is 0. The molecule has 1 aliphatic heterocycles. The Kier molecular flexibility index (Phi) is 25.4. The lowest BCUT2D eigenvalue weighted by Crippen LogP contribution is -2.71. The van der Waals surface area contributed by atoms with E-state index in [9.17, 15) is 48.3 Å². The van der Waals surface area contributed by atoms with Crippen LogP contribution in [-0.2, 0) is 65.5 Å². The van der Waals surface area contributed by atoms with E-state index in [1.165, 1.54) is 44.1 Å². The molecule has 0 bridgehead atoms. The number of fused-ring (bicyclic) bond motifs is 7. The van der Waals surface area contributed by atoms with Gasteiger partial charge in [-0.25, -0.2) is 28.0 Å². The number of nitrogens with one attached hydrogen (secondary N) is 5. The van der Waals surface area contributed by atoms with Gasteiger partial charge in [-0.3, -0.25) is 24.0 Å². The Morgan fingerprint density at radius 2 is 1.48 bits per heavy atom. The molecule has 8 N–H and O–H groups in total. The van der Waals surface area contributed by atoms with Crippen molar-refractivity contribution in [2.75, 3.05) is 44.8 Å². The van der Waals surface area contributed by atoms with E-state index >= 15 is 8.78 Å². The second-order valence-corrected chi connectivity index (χ2v) is 27.4. The fraction of sp³-hybridized carbons (Fsp3) is 0.648. The molecular weight excluding hydrogens is 1230 g/mol. The smallest absolute Gasteiger partial charge is 0.407 e. The maximum absolute atomic E-state index is 17.9. The van der Waals surface area contributed by atoms with E-state index < -0.39 is 125 Å². The molecule has 15 atom stereocenters. The van der Waals surface area contributed by atoms with Crippen molar-refractivity contribution in [2.24, 2.45) is 58.0 Å². The number of primary amides is 1. The number of anilines is 1. The minimum Gasteiger partial charge on any atom is -0.454 e. The van der Waals surface area contributed by atoms with Gasteiger partial charge in [0.25, 0.3) is 0 Å². The highest BCUT2D eigenvalue weighted by molar-refractivity contribution is 6.02. The van der Waals surface area contributed by atoms with Gasteiger partial charge in [-0.2, -0.15) is 0 Å². The number of aliphatic hydroxyl groups excluding tert-OH is 1. The standard InChI is InChI=1S/C71H98F2N6O16/c1-8-11-17-50-49(14-9-2)51(50)40-93-66(88)76-30-13-31-90-32-27-60(84)79-62(42(4)5)56(81)33-46(16-12-29-75-65(74)87)63(85)78-47-24-20-44(21-25-47)39-92-67(89)77-38-43-18-22-45(23-19-43)64(86)91-41-58(83)71-59(94-61(95-71)15-10-3)36-52-53-35-55(72)54-34-48(80)26-28-68(54,6)70(53,73)57(82)37-69(52,71)7/h18-26,28,34,42,46,49-53,55,57,59,61-62,82H,8-17,27,29-33,35-41H2,1-7H3,(H,76,88)(H,77,89)(H,78,85)(H,79,84)(H3,74,75,87)/t46-,49+,50-,51+,52+,53+,55+,57+,59-,61?,62+,68+,69+,70+,71-/m1/s1. The van der Waals surface area contributed by atoms with Gasteiger partial charge >= 0.3 is 24.2 Å². The van der Waals surface area contributed by atoms with Gasteiger partial charge in [-0.1, -0.05) is 104 Å². The Balaban J connectivity index is 0.757. The van der Waals surface area contributed by atoms with Crippen LogP contribution in [0.4, 0.5) is 28.9 Å². The van der Waals surface area contributed by atoms with Crippen molar-refractivity contribution in [3.8, 4) is 0 Å². The fourth-order valence-electron chi connectivity index (χ4n) is 15.6. The zero-order valence-corrected chi connectivity index (χ0v) is 55.9. The predicted octanol–water partition coefficient (Wildman–Crippen LogP) is 9.53. The van der Waals surface area contributed by atoms with Gasteiger partial charge in [0.2, 0.25) is 17.6 Å². The van der Waals surface area contributed by atoms with Crippen molar-refractivity contribution >= 4 is 59.0 Å². The number of alkyl carbamates (subject to hydrolysis) is 2. The van der Waals surface area contributed by atoms with Gasteiger partial charge in [-0.05, 0) is 141 Å². The van der Waals surface area contributed by atoms with E-state index in [0.29, 0.717) is 80.0 Å². The molecule has 6 amide bonds. The monoisotopic (exact) mass is 1330 g/mol. The molecule has 6 aliphatic rings. The number of rotatable bonds is 35. The second-order valence-electron chi connectivity index (χ2n) is 27.4. The number of urea groups is 1. The van der Waals surface area contributed by atoms with Gasteiger partial charge in [0, 0.05) is 67.4 Å². The first-order valence-corrected chi connectivity index (χ1v) is 34.1. The molecule has 1 saturated heterocycles. The van der Waals surface area contributed by atoms with Crippen LogP contribution in [0, 0.1) is 52.3 Å². The first kappa shape index (κ1) is 73.7. The van der Waals surface area contributed by atoms with Crippen LogP contribution in [0.5, 0.6) is 0 Å². The maximum atomic E-state index is 17.9. The number of halogens is 2. The third-order valence-corrected chi connectivity index (χ3v) is 20.7. The third-order valence-electron chi connectivity index (χ3n) is 20.7. The summed E-state index contributed by atoms with van der Waals surface area (Å²) in [5.41, 5.74) is -0.115. The summed E-state index contributed by atoms with van der Waals surface area (Å²) in [5, 5.41) is 25.5. The zero-order chi connectivity index (χ0) is 68.8. The van der Waals surface area contributed by atoms with E-state index in [-0.39, 0.29) is 87.7 Å². The maximum Gasteiger partial charge on any atom is 0.407 e. The molecule has 2 aromatic rings. The van der Waals surface area contributed by atoms with Crippen LogP contribution in [0.15, 0.2) is 72.3 Å². The number of hydrogen-bond acceptors (Lipinski definition) is 16. The van der Waals surface area contributed by atoms with Crippen LogP contribution in [0.25, 0.3) is 0 Å². The summed E-state index contributed by atoms with van der Waals surface area (Å²) in [6.07, 6.45) is 4.71. The molecule has 2 aromatic carbocycles. The third kappa shape index (κ3) is 17.0. The summed E-state index contributed by atoms with van der Waals surface area (Å²) < 4.78 is 69.2. The van der Waals surface area contributed by atoms with E-state index in [1.807, 2.05) is 6.92 Å². The molecule has 0 spiro atoms. The van der Waals surface area contributed by atoms with E-state index in [2.05, 4.69) is 40.4 Å². The Bertz CT molecular complexity index is 3130. The number of benzene rings is 2. The van der Waals surface area contributed by atoms with Crippen LogP contribution in [0.1, 0.15) is 166 Å². The molecule has 1 unspecified atom stereocenters. The number of hydrogen-bond donors (Lipinski definition) is 7. The number of amides is 6. The highest BCUT2D eigenvalue weighted by Gasteiger charge is 2.80. The number of unbranched alkanes of at least 4 members (excludes halogenated alkanes) is 1. The number of ketones is 3. The quantitative estimate of drug-likeness (QED) is 0.0192. The first-order valence-electron chi connectivity index (χ1n) is 34.1. The number of carbonyl (C=O) groups excluding carboxylic acids is 9. The summed E-state index contributed by atoms with van der Waals surface area (Å²) in [4.78, 5) is 118. The van der Waals surface area contributed by atoms with Crippen molar-refractivity contribution < 1.29 is 85.5 Å². The second kappa shape index (κ2) is 32.7. The van der Waals surface area contributed by atoms with E-state index in [0.717, 1.165) is 25.3 Å². The molecule has 5 fully saturated rings. The highest BCUT2D eigenvalue weighted by atomic mass is 19.1. The Morgan fingerprint density at radius 1 is 0.789 bits per heavy atom. The Morgan fingerprint density at radius 3 is 2.18 bits per heavy atom. The number of carbonyl (C=O) groups is 9. The number of esters is 1. The molecule has 24 heteroatoms. The number of Topliss-reactive ketones (excluding diaryl/α,β-unsaturated/α-hetero) is 2. The molecule has 0 radical (unpaired) electrons. The summed E-state index contributed by atoms with van der Waals surface area (Å²) in [6.45, 7) is 13.6. The Labute approximate surface area is 555 Å². The van der Waals surface area contributed by atoms with Crippen LogP contribution in [-0.4, -0.2) is 140 Å². The van der Waals surface area contributed by atoms with Crippen LogP contribution in [0.3, 0.4) is 0 Å². The number of alkyl halides is 2. The van der Waals surface area contributed by atoms with Gasteiger partial charge in [-0.15, -0.1) is 0 Å². The number of allylic oxidation sites excluding steroid dienone is 4. The molecule has 8 rings (SSSR count). The van der Waals surface area contributed by atoms with Crippen LogP contribution >= 0.6 is 0 Å². The predicted molar refractivity (Wildman–Crippen MR) is 346 cm³/mol. The van der Waals surface area contributed by atoms with E-state index in [1.54, 1.807) is 57.2 Å². The van der Waals surface area contributed by atoms with Crippen molar-refractivity contribution in [1.29, 1.82) is 0 Å². The van der Waals surface area contributed by atoms with Crippen LogP contribution < -0.4 is 32.3 Å². The minimum absolute atomic E-state index is 0.0122. The zero-order valence-electron chi connectivity index (χ0n) is 55.9. The van der Waals surface area contributed by atoms with E-state index in [4.69, 9.17) is 34.2 Å². The van der Waals surface area contributed by atoms with Crippen molar-refractivity contribution in [1.82, 2.24) is 21.3 Å². The lowest BCUT2D eigenvalue weighted by Gasteiger charge is -2.63. The topological polar surface area (TPSA) is 315 Å². The molecule has 0 aromatic heterocycles. The normalized spacial score (nSPS) is 29.1. The Hall–Kier alpha value is -7.15. The van der Waals surface area contributed by atoms with Crippen molar-refractivity contribution in [2.45, 2.75) is 200 Å². The molecule has 1 heterocycles. The number of ether oxygens (including phenoxy) is 6.